The molecular weight excluding hydrogens is 545 g/mol. The average molecular weight is 603 g/mol. The maximum atomic E-state index is 7.08. The summed E-state index contributed by atoms with van der Waals surface area (Å²) in [4.78, 5) is 0. The zero-order valence-electron chi connectivity index (χ0n) is 25.4. The summed E-state index contributed by atoms with van der Waals surface area (Å²) in [7, 11) is -3.15. The second-order valence-corrected chi connectivity index (χ2v) is 25.2. The third-order valence-electron chi connectivity index (χ3n) is 5.44. The number of rotatable bonds is 27. The molecule has 0 rings (SSSR count). The molecule has 0 fully saturated rings. The second-order valence-electron chi connectivity index (χ2n) is 10.7. The van der Waals surface area contributed by atoms with E-state index in [4.69, 9.17) is 40.8 Å². The molecule has 3 unspecified atom stereocenters. The molecular formula is C24H58O9Si4. The van der Waals surface area contributed by atoms with Gasteiger partial charge in [-0.25, -0.2) is 0 Å². The van der Waals surface area contributed by atoms with Crippen molar-refractivity contribution in [3.63, 3.8) is 0 Å². The van der Waals surface area contributed by atoms with Crippen molar-refractivity contribution in [1.29, 1.82) is 0 Å². The van der Waals surface area contributed by atoms with Crippen LogP contribution in [-0.2, 0) is 40.8 Å². The minimum absolute atomic E-state index is 0.610. The van der Waals surface area contributed by atoms with E-state index >= 15 is 0 Å². The first-order valence-corrected chi connectivity index (χ1v) is 24.7. The van der Waals surface area contributed by atoms with Gasteiger partial charge in [0, 0.05) is 41.2 Å². The van der Waals surface area contributed by atoms with E-state index in [1.54, 1.807) is 21.3 Å². The van der Waals surface area contributed by atoms with Gasteiger partial charge in [0.25, 0.3) is 0 Å². The Kier molecular flexibility index (Phi) is 22.5. The lowest BCUT2D eigenvalue weighted by molar-refractivity contribution is 0.0697. The Labute approximate surface area is 232 Å². The monoisotopic (exact) mass is 602 g/mol. The van der Waals surface area contributed by atoms with E-state index in [0.717, 1.165) is 44.0 Å². The fourth-order valence-corrected chi connectivity index (χ4v) is 21.9. The molecule has 0 aromatic carbocycles. The van der Waals surface area contributed by atoms with Gasteiger partial charge in [-0.05, 0) is 76.7 Å². The lowest BCUT2D eigenvalue weighted by atomic mass is 10.5. The first kappa shape index (κ1) is 37.5. The van der Waals surface area contributed by atoms with Crippen LogP contribution < -0.4 is 0 Å². The summed E-state index contributed by atoms with van der Waals surface area (Å²) in [6, 6.07) is 2.84. The van der Waals surface area contributed by atoms with E-state index < -0.39 is 34.5 Å². The van der Waals surface area contributed by atoms with Crippen molar-refractivity contribution in [2.75, 3.05) is 80.8 Å². The Bertz CT molecular complexity index is 531. The number of methoxy groups -OCH3 is 3. The van der Waals surface area contributed by atoms with Gasteiger partial charge in [-0.15, -0.1) is 0 Å². The van der Waals surface area contributed by atoms with Crippen molar-refractivity contribution < 1.29 is 40.8 Å². The zero-order chi connectivity index (χ0) is 28.0. The molecule has 0 N–H and O–H groups in total. The Balaban J connectivity index is 5.19. The third kappa shape index (κ3) is 23.0. The maximum absolute atomic E-state index is 7.08. The molecule has 224 valence electrons. The smallest absolute Gasteiger partial charge is 0.315 e. The highest BCUT2D eigenvalue weighted by atomic mass is 28.5. The molecule has 37 heavy (non-hydrogen) atoms. The first-order valence-electron chi connectivity index (χ1n) is 13.8. The summed E-state index contributed by atoms with van der Waals surface area (Å²) in [5.41, 5.74) is 0. The Hall–Kier alpha value is 0.508. The highest BCUT2D eigenvalue weighted by Gasteiger charge is 2.45. The summed E-state index contributed by atoms with van der Waals surface area (Å²) in [5.74, 6) is 0. The van der Waals surface area contributed by atoms with Crippen LogP contribution in [0.2, 0.25) is 57.4 Å². The Morgan fingerprint density at radius 3 is 1.38 bits per heavy atom. The predicted octanol–water partition coefficient (Wildman–Crippen LogP) is 4.53. The predicted molar refractivity (Wildman–Crippen MR) is 159 cm³/mol. The molecule has 13 heteroatoms. The largest absolute Gasteiger partial charge is 0.439 e. The van der Waals surface area contributed by atoms with E-state index in [0.29, 0.717) is 52.9 Å². The maximum Gasteiger partial charge on any atom is 0.315 e. The van der Waals surface area contributed by atoms with Gasteiger partial charge in [0.1, 0.15) is 0 Å². The average Bonchev–Trinajstić information content (AvgIpc) is 2.79. The van der Waals surface area contributed by atoms with Crippen LogP contribution in [0.25, 0.3) is 0 Å². The SMILES string of the molecule is COCCOCCC[SiH](C)O[Si](C)(CCCOCCOC)O[Si](C)(CCCOCCOC)O[Si](C)(C)C. The van der Waals surface area contributed by atoms with Crippen molar-refractivity contribution in [1.82, 2.24) is 0 Å². The van der Waals surface area contributed by atoms with Gasteiger partial charge in [-0.1, -0.05) is 0 Å². The molecule has 0 saturated carbocycles. The van der Waals surface area contributed by atoms with Gasteiger partial charge in [0.15, 0.2) is 17.4 Å². The van der Waals surface area contributed by atoms with Crippen LogP contribution in [0.3, 0.4) is 0 Å². The number of hydrogen-bond acceptors (Lipinski definition) is 9. The molecule has 0 aliphatic carbocycles. The van der Waals surface area contributed by atoms with Crippen LogP contribution in [0.15, 0.2) is 0 Å². The van der Waals surface area contributed by atoms with Crippen molar-refractivity contribution in [2.45, 2.75) is 76.7 Å². The van der Waals surface area contributed by atoms with E-state index in [-0.39, 0.29) is 0 Å². The van der Waals surface area contributed by atoms with Gasteiger partial charge in [-0.2, -0.15) is 0 Å². The minimum atomic E-state index is -2.49. The van der Waals surface area contributed by atoms with Crippen molar-refractivity contribution in [2.24, 2.45) is 0 Å². The quantitative estimate of drug-likeness (QED) is 0.0995. The standard InChI is InChI=1S/C24H58O9Si4/c1-25-16-19-28-13-10-22-34(4)31-36(8,23-11-14-29-20-17-26-2)33-37(9,32-35(5,6)7)24-12-15-30-21-18-27-3/h34H,10-24H2,1-9H3. The summed E-state index contributed by atoms with van der Waals surface area (Å²) in [5, 5.41) is 0. The zero-order valence-corrected chi connectivity index (χ0v) is 29.5. The van der Waals surface area contributed by atoms with Crippen LogP contribution in [0.4, 0.5) is 0 Å². The molecule has 0 bridgehead atoms. The van der Waals surface area contributed by atoms with Crippen LogP contribution in [-0.4, -0.2) is 115 Å². The molecule has 0 aromatic rings. The minimum Gasteiger partial charge on any atom is -0.439 e. The molecule has 0 saturated heterocycles. The van der Waals surface area contributed by atoms with Crippen molar-refractivity contribution >= 4 is 34.5 Å². The summed E-state index contributed by atoms with van der Waals surface area (Å²) < 4.78 is 53.1. The van der Waals surface area contributed by atoms with E-state index in [1.165, 1.54) is 0 Å². The van der Waals surface area contributed by atoms with E-state index in [2.05, 4.69) is 39.3 Å². The Morgan fingerprint density at radius 2 is 0.946 bits per heavy atom. The molecule has 0 aliphatic heterocycles. The lowest BCUT2D eigenvalue weighted by Crippen LogP contribution is -2.57. The van der Waals surface area contributed by atoms with Gasteiger partial charge in [0.05, 0.1) is 39.6 Å². The number of ether oxygens (including phenoxy) is 6. The molecule has 0 aliphatic rings. The Morgan fingerprint density at radius 1 is 0.514 bits per heavy atom. The lowest BCUT2D eigenvalue weighted by Gasteiger charge is -2.41. The van der Waals surface area contributed by atoms with Gasteiger partial charge in [-0.3, -0.25) is 0 Å². The van der Waals surface area contributed by atoms with Crippen LogP contribution in [0.5, 0.6) is 0 Å². The van der Waals surface area contributed by atoms with Crippen molar-refractivity contribution in [3.05, 3.63) is 0 Å². The highest BCUT2D eigenvalue weighted by molar-refractivity contribution is 6.88. The van der Waals surface area contributed by atoms with Crippen LogP contribution in [0.1, 0.15) is 19.3 Å². The van der Waals surface area contributed by atoms with Crippen LogP contribution in [0, 0.1) is 0 Å². The highest BCUT2D eigenvalue weighted by Crippen LogP contribution is 2.29. The van der Waals surface area contributed by atoms with Gasteiger partial charge in [0.2, 0.25) is 0 Å². The first-order chi connectivity index (χ1) is 17.5. The van der Waals surface area contributed by atoms with Gasteiger partial charge < -0.3 is 40.8 Å². The van der Waals surface area contributed by atoms with Gasteiger partial charge >= 0.3 is 17.1 Å². The summed E-state index contributed by atoms with van der Waals surface area (Å²) >= 11 is 0. The molecule has 0 radical (unpaired) electrons. The molecule has 0 aromatic heterocycles. The fourth-order valence-electron chi connectivity index (χ4n) is 4.04. The number of hydrogen-bond donors (Lipinski definition) is 0. The molecule has 0 heterocycles. The molecule has 9 nitrogen and oxygen atoms in total. The van der Waals surface area contributed by atoms with Crippen LogP contribution >= 0.6 is 0 Å². The molecule has 0 amide bonds. The molecule has 0 spiro atoms. The second kappa shape index (κ2) is 22.2. The molecule has 3 atom stereocenters. The van der Waals surface area contributed by atoms with E-state index in [9.17, 15) is 0 Å². The normalized spacial score (nSPS) is 16.5. The summed E-state index contributed by atoms with van der Waals surface area (Å²) in [6.45, 7) is 19.3. The fraction of sp³-hybridized carbons (Fsp3) is 1.00. The topological polar surface area (TPSA) is 83.1 Å². The third-order valence-corrected chi connectivity index (χ3v) is 20.4. The van der Waals surface area contributed by atoms with E-state index in [1.807, 2.05) is 0 Å². The summed E-state index contributed by atoms with van der Waals surface area (Å²) in [6.07, 6.45) is 2.82. The van der Waals surface area contributed by atoms with Crippen molar-refractivity contribution in [3.8, 4) is 0 Å².